The van der Waals surface area contributed by atoms with Gasteiger partial charge in [0, 0.05) is 24.4 Å². The first-order valence-electron chi connectivity index (χ1n) is 10.8. The second kappa shape index (κ2) is 9.57. The molecule has 0 saturated carbocycles. The van der Waals surface area contributed by atoms with Gasteiger partial charge in [0.1, 0.15) is 5.75 Å². The lowest BCUT2D eigenvalue weighted by atomic mass is 9.79. The van der Waals surface area contributed by atoms with E-state index in [1.165, 1.54) is 4.88 Å². The number of primary amides is 1. The third-order valence-electron chi connectivity index (χ3n) is 6.36. The van der Waals surface area contributed by atoms with Gasteiger partial charge >= 0.3 is 0 Å². The summed E-state index contributed by atoms with van der Waals surface area (Å²) in [6, 6.07) is 20.0. The van der Waals surface area contributed by atoms with Crippen LogP contribution in [0.3, 0.4) is 0 Å². The van der Waals surface area contributed by atoms with E-state index in [0.29, 0.717) is 38.8 Å². The molecule has 1 fully saturated rings. The van der Waals surface area contributed by atoms with Crippen LogP contribution in [0.5, 0.6) is 5.75 Å². The highest BCUT2D eigenvalue weighted by molar-refractivity contribution is 7.13. The van der Waals surface area contributed by atoms with Gasteiger partial charge in [0.2, 0.25) is 11.8 Å². The molecule has 166 valence electrons. The number of methoxy groups -OCH3 is 1. The minimum Gasteiger partial charge on any atom is -0.496 e. The molecule has 1 aliphatic rings. The summed E-state index contributed by atoms with van der Waals surface area (Å²) in [4.78, 5) is 28.6. The Hall–Kier alpha value is -3.12. The monoisotopic (exact) mass is 448 g/mol. The Bertz CT molecular complexity index is 1100. The summed E-state index contributed by atoms with van der Waals surface area (Å²) in [5, 5.41) is 2.05. The highest BCUT2D eigenvalue weighted by Crippen LogP contribution is 2.38. The van der Waals surface area contributed by atoms with E-state index in [0.717, 1.165) is 22.4 Å². The first kappa shape index (κ1) is 22.1. The standard InChI is InChI=1S/C26H28N2O3S/c1-31-22-10-5-3-7-19(22)12-13-24(29)28-15-14-26(18-28,25(27)30)17-20-8-2-4-9-21(20)23-11-6-16-32-23/h2-11,16H,12-15,17-18H2,1H3,(H2,27,30). The van der Waals surface area contributed by atoms with E-state index >= 15 is 0 Å². The fourth-order valence-electron chi connectivity index (χ4n) is 4.54. The number of thiophene rings is 1. The summed E-state index contributed by atoms with van der Waals surface area (Å²) in [5.41, 5.74) is 8.41. The van der Waals surface area contributed by atoms with Crippen molar-refractivity contribution in [1.82, 2.24) is 4.90 Å². The molecular formula is C26H28N2O3S. The third-order valence-corrected chi connectivity index (χ3v) is 7.27. The number of rotatable bonds is 8. The Balaban J connectivity index is 1.48. The summed E-state index contributed by atoms with van der Waals surface area (Å²) in [5.74, 6) is 0.502. The van der Waals surface area contributed by atoms with Crippen molar-refractivity contribution in [1.29, 1.82) is 0 Å². The maximum absolute atomic E-state index is 13.0. The summed E-state index contributed by atoms with van der Waals surface area (Å²) in [6.07, 6.45) is 2.10. The molecule has 4 rings (SSSR count). The maximum atomic E-state index is 13.0. The fourth-order valence-corrected chi connectivity index (χ4v) is 5.33. The second-order valence-corrected chi connectivity index (χ2v) is 9.28. The molecule has 2 aromatic carbocycles. The number of nitrogens with zero attached hydrogens (tertiary/aromatic N) is 1. The van der Waals surface area contributed by atoms with Crippen molar-refractivity contribution in [3.05, 3.63) is 77.2 Å². The number of ether oxygens (including phenoxy) is 1. The molecule has 1 aromatic heterocycles. The van der Waals surface area contributed by atoms with Crippen LogP contribution in [0.15, 0.2) is 66.0 Å². The minimum atomic E-state index is -0.743. The van der Waals surface area contributed by atoms with Crippen LogP contribution in [-0.2, 0) is 22.4 Å². The van der Waals surface area contributed by atoms with Gasteiger partial charge in [0.25, 0.3) is 0 Å². The van der Waals surface area contributed by atoms with Crippen molar-refractivity contribution in [2.45, 2.75) is 25.7 Å². The van der Waals surface area contributed by atoms with Gasteiger partial charge in [-0.05, 0) is 53.5 Å². The predicted molar refractivity (Wildman–Crippen MR) is 128 cm³/mol. The molecule has 6 heteroatoms. The number of amides is 2. The van der Waals surface area contributed by atoms with E-state index in [4.69, 9.17) is 10.5 Å². The van der Waals surface area contributed by atoms with Gasteiger partial charge < -0.3 is 15.4 Å². The largest absolute Gasteiger partial charge is 0.496 e. The first-order valence-corrected chi connectivity index (χ1v) is 11.7. The van der Waals surface area contributed by atoms with Gasteiger partial charge in [-0.1, -0.05) is 48.5 Å². The Morgan fingerprint density at radius 3 is 2.53 bits per heavy atom. The molecule has 1 atom stereocenters. The van der Waals surface area contributed by atoms with Crippen molar-refractivity contribution in [2.24, 2.45) is 11.1 Å². The zero-order valence-electron chi connectivity index (χ0n) is 18.3. The molecule has 3 aromatic rings. The predicted octanol–water partition coefficient (Wildman–Crippen LogP) is 4.30. The van der Waals surface area contributed by atoms with E-state index in [9.17, 15) is 9.59 Å². The fraction of sp³-hybridized carbons (Fsp3) is 0.308. The van der Waals surface area contributed by atoms with Crippen molar-refractivity contribution in [2.75, 3.05) is 20.2 Å². The molecule has 1 unspecified atom stereocenters. The number of hydrogen-bond donors (Lipinski definition) is 1. The van der Waals surface area contributed by atoms with Crippen LogP contribution in [0.25, 0.3) is 10.4 Å². The number of carbonyl (C=O) groups excluding carboxylic acids is 2. The summed E-state index contributed by atoms with van der Waals surface area (Å²) in [6.45, 7) is 0.917. The number of aryl methyl sites for hydroxylation is 1. The highest BCUT2D eigenvalue weighted by atomic mass is 32.1. The van der Waals surface area contributed by atoms with Crippen LogP contribution >= 0.6 is 11.3 Å². The zero-order chi connectivity index (χ0) is 22.6. The molecule has 0 aliphatic carbocycles. The zero-order valence-corrected chi connectivity index (χ0v) is 19.1. The molecule has 1 aliphatic heterocycles. The van der Waals surface area contributed by atoms with Crippen LogP contribution in [0, 0.1) is 5.41 Å². The first-order chi connectivity index (χ1) is 15.5. The number of benzene rings is 2. The lowest BCUT2D eigenvalue weighted by Crippen LogP contribution is -2.42. The van der Waals surface area contributed by atoms with Gasteiger partial charge in [0.15, 0.2) is 0 Å². The van der Waals surface area contributed by atoms with Gasteiger partial charge in [-0.3, -0.25) is 9.59 Å². The minimum absolute atomic E-state index is 0.0468. The van der Waals surface area contributed by atoms with Gasteiger partial charge in [-0.25, -0.2) is 0 Å². The molecule has 2 N–H and O–H groups in total. The van der Waals surface area contributed by atoms with Crippen molar-refractivity contribution >= 4 is 23.2 Å². The number of carbonyl (C=O) groups is 2. The highest BCUT2D eigenvalue weighted by Gasteiger charge is 2.45. The lowest BCUT2D eigenvalue weighted by molar-refractivity contribution is -0.132. The van der Waals surface area contributed by atoms with Crippen LogP contribution in [0.4, 0.5) is 0 Å². The summed E-state index contributed by atoms with van der Waals surface area (Å²) < 4.78 is 5.39. The van der Waals surface area contributed by atoms with Gasteiger partial charge in [-0.15, -0.1) is 11.3 Å². The number of hydrogen-bond acceptors (Lipinski definition) is 4. The van der Waals surface area contributed by atoms with Crippen LogP contribution in [-0.4, -0.2) is 36.9 Å². The number of likely N-dealkylation sites (tertiary alicyclic amines) is 1. The van der Waals surface area contributed by atoms with E-state index in [2.05, 4.69) is 18.2 Å². The van der Waals surface area contributed by atoms with Crippen LogP contribution in [0.1, 0.15) is 24.0 Å². The van der Waals surface area contributed by atoms with E-state index in [1.54, 1.807) is 23.3 Å². The van der Waals surface area contributed by atoms with Gasteiger partial charge in [0.05, 0.1) is 12.5 Å². The average molecular weight is 449 g/mol. The normalized spacial score (nSPS) is 18.0. The molecular weight excluding hydrogens is 420 g/mol. The van der Waals surface area contributed by atoms with Crippen molar-refractivity contribution in [3.8, 4) is 16.2 Å². The summed E-state index contributed by atoms with van der Waals surface area (Å²) in [7, 11) is 1.64. The third kappa shape index (κ3) is 4.55. The van der Waals surface area contributed by atoms with Crippen LogP contribution < -0.4 is 10.5 Å². The van der Waals surface area contributed by atoms with Gasteiger partial charge in [-0.2, -0.15) is 0 Å². The SMILES string of the molecule is COc1ccccc1CCC(=O)N1CCC(Cc2ccccc2-c2cccs2)(C(N)=O)C1. The molecule has 2 amide bonds. The molecule has 32 heavy (non-hydrogen) atoms. The Morgan fingerprint density at radius 1 is 1.06 bits per heavy atom. The topological polar surface area (TPSA) is 72.6 Å². The molecule has 2 heterocycles. The average Bonchev–Trinajstić information content (AvgIpc) is 3.49. The Morgan fingerprint density at radius 2 is 1.81 bits per heavy atom. The smallest absolute Gasteiger partial charge is 0.225 e. The molecule has 0 radical (unpaired) electrons. The maximum Gasteiger partial charge on any atom is 0.225 e. The second-order valence-electron chi connectivity index (χ2n) is 8.33. The Kier molecular flexibility index (Phi) is 6.61. The summed E-state index contributed by atoms with van der Waals surface area (Å²) >= 11 is 1.68. The van der Waals surface area contributed by atoms with Crippen LogP contribution in [0.2, 0.25) is 0 Å². The van der Waals surface area contributed by atoms with E-state index < -0.39 is 5.41 Å². The molecule has 0 bridgehead atoms. The molecule has 5 nitrogen and oxygen atoms in total. The van der Waals surface area contributed by atoms with E-state index in [-0.39, 0.29) is 11.8 Å². The quantitative estimate of drug-likeness (QED) is 0.558. The molecule has 1 saturated heterocycles. The van der Waals surface area contributed by atoms with Crippen molar-refractivity contribution < 1.29 is 14.3 Å². The number of nitrogens with two attached hydrogens (primary N) is 1. The van der Waals surface area contributed by atoms with Crippen molar-refractivity contribution in [3.63, 3.8) is 0 Å². The molecule has 0 spiro atoms. The number of para-hydroxylation sites is 1. The Labute approximate surface area is 192 Å². The van der Waals surface area contributed by atoms with E-state index in [1.807, 2.05) is 47.8 Å². The lowest BCUT2D eigenvalue weighted by Gasteiger charge is -2.27.